The van der Waals surface area contributed by atoms with Gasteiger partial charge in [-0.05, 0) is 6.92 Å². The van der Waals surface area contributed by atoms with Gasteiger partial charge in [-0.2, -0.15) is 0 Å². The molecule has 3 rings (SSSR count). The van der Waals surface area contributed by atoms with Gasteiger partial charge in [0.15, 0.2) is 0 Å². The van der Waals surface area contributed by atoms with Crippen LogP contribution in [-0.4, -0.2) is 54.8 Å². The highest BCUT2D eigenvalue weighted by molar-refractivity contribution is 5.97. The predicted molar refractivity (Wildman–Crippen MR) is 74.0 cm³/mol. The number of aromatic nitrogens is 3. The Bertz CT molecular complexity index is 700. The number of hydrogen-bond donors (Lipinski definition) is 5. The van der Waals surface area contributed by atoms with Crippen molar-refractivity contribution >= 4 is 22.5 Å². The summed E-state index contributed by atoms with van der Waals surface area (Å²) in [4.78, 5) is 7.93. The molecule has 2 aromatic heterocycles. The van der Waals surface area contributed by atoms with Gasteiger partial charge in [-0.15, -0.1) is 0 Å². The lowest BCUT2D eigenvalue weighted by molar-refractivity contribution is -0.186. The molecule has 2 aromatic rings. The number of anilines is 2. The molecule has 9 nitrogen and oxygen atoms in total. The van der Waals surface area contributed by atoms with Gasteiger partial charge in [0.1, 0.15) is 29.5 Å². The molecule has 3 atom stereocenters. The molecular weight excluding hydrogens is 278 g/mol. The molecule has 1 saturated heterocycles. The van der Waals surface area contributed by atoms with Crippen LogP contribution in [0.15, 0.2) is 12.5 Å². The minimum atomic E-state index is -1.93. The first kappa shape index (κ1) is 14.0. The second-order valence-corrected chi connectivity index (χ2v) is 5.39. The second-order valence-electron chi connectivity index (χ2n) is 5.39. The summed E-state index contributed by atoms with van der Waals surface area (Å²) in [7, 11) is 0. The fourth-order valence-corrected chi connectivity index (χ4v) is 2.80. The van der Waals surface area contributed by atoms with Gasteiger partial charge in [-0.25, -0.2) is 9.97 Å². The van der Waals surface area contributed by atoms with Crippen molar-refractivity contribution in [2.45, 2.75) is 24.4 Å². The van der Waals surface area contributed by atoms with E-state index >= 15 is 0 Å². The molecule has 0 amide bonds. The Hall–Kier alpha value is -1.94. The molecule has 0 aromatic carbocycles. The van der Waals surface area contributed by atoms with Crippen LogP contribution >= 0.6 is 0 Å². The van der Waals surface area contributed by atoms with Gasteiger partial charge in [0.25, 0.3) is 0 Å². The Morgan fingerprint density at radius 1 is 1.43 bits per heavy atom. The SMILES string of the molecule is C[C@]1(O)CO[C@H](CO)[C@]1(O)n1cc(N)c2c(N)ncnc21. The van der Waals surface area contributed by atoms with Crippen molar-refractivity contribution < 1.29 is 20.1 Å². The van der Waals surface area contributed by atoms with E-state index in [9.17, 15) is 15.3 Å². The van der Waals surface area contributed by atoms with E-state index in [4.69, 9.17) is 16.2 Å². The molecule has 9 heteroatoms. The number of fused-ring (bicyclic) bond motifs is 1. The molecule has 0 aliphatic carbocycles. The Morgan fingerprint density at radius 3 is 2.81 bits per heavy atom. The maximum Gasteiger partial charge on any atom is 0.203 e. The molecule has 114 valence electrons. The summed E-state index contributed by atoms with van der Waals surface area (Å²) >= 11 is 0. The molecule has 3 heterocycles. The highest BCUT2D eigenvalue weighted by Crippen LogP contribution is 2.42. The van der Waals surface area contributed by atoms with Crippen LogP contribution in [-0.2, 0) is 10.5 Å². The molecule has 1 fully saturated rings. The molecule has 0 radical (unpaired) electrons. The third kappa shape index (κ3) is 1.65. The lowest BCUT2D eigenvalue weighted by atomic mass is 9.91. The van der Waals surface area contributed by atoms with Crippen molar-refractivity contribution in [2.24, 2.45) is 0 Å². The zero-order chi connectivity index (χ0) is 15.4. The molecular formula is C12H17N5O4. The third-order valence-electron chi connectivity index (χ3n) is 3.98. The molecule has 0 unspecified atom stereocenters. The van der Waals surface area contributed by atoms with E-state index in [2.05, 4.69) is 9.97 Å². The van der Waals surface area contributed by atoms with Crippen LogP contribution in [0.3, 0.4) is 0 Å². The molecule has 0 saturated carbocycles. The topological polar surface area (TPSA) is 153 Å². The monoisotopic (exact) mass is 295 g/mol. The molecule has 0 spiro atoms. The maximum atomic E-state index is 11.0. The average molecular weight is 295 g/mol. The minimum absolute atomic E-state index is 0.144. The Balaban J connectivity index is 2.31. The molecule has 0 bridgehead atoms. The lowest BCUT2D eigenvalue weighted by Crippen LogP contribution is -2.57. The number of nitrogens with zero attached hydrogens (tertiary/aromatic N) is 3. The normalized spacial score (nSPS) is 32.9. The van der Waals surface area contributed by atoms with Gasteiger partial charge in [-0.3, -0.25) is 4.57 Å². The van der Waals surface area contributed by atoms with Gasteiger partial charge >= 0.3 is 0 Å². The Labute approximate surface area is 119 Å². The van der Waals surface area contributed by atoms with Gasteiger partial charge in [-0.1, -0.05) is 0 Å². The van der Waals surface area contributed by atoms with Crippen molar-refractivity contribution in [1.82, 2.24) is 14.5 Å². The highest BCUT2D eigenvalue weighted by atomic mass is 16.6. The number of ether oxygens (including phenoxy) is 1. The maximum absolute atomic E-state index is 11.0. The summed E-state index contributed by atoms with van der Waals surface area (Å²) in [5.74, 6) is 0.166. The largest absolute Gasteiger partial charge is 0.397 e. The van der Waals surface area contributed by atoms with Gasteiger partial charge in [0, 0.05) is 6.20 Å². The quantitative estimate of drug-likeness (QED) is 0.443. The van der Waals surface area contributed by atoms with E-state index in [1.54, 1.807) is 0 Å². The summed E-state index contributed by atoms with van der Waals surface area (Å²) in [6, 6.07) is 0. The fraction of sp³-hybridized carbons (Fsp3) is 0.500. The standard InChI is InChI=1S/C12H17N5O4/c1-11(19)4-21-7(3-18)12(11,20)17-2-6(13)8-9(14)15-5-16-10(8)17/h2,5,7,18-20H,3-4,13H2,1H3,(H2,14,15,16)/t7-,11+,12-/m1/s1. The van der Waals surface area contributed by atoms with Crippen LogP contribution in [0.1, 0.15) is 6.92 Å². The van der Waals surface area contributed by atoms with Crippen molar-refractivity contribution in [3.63, 3.8) is 0 Å². The second kappa shape index (κ2) is 4.28. The number of rotatable bonds is 2. The molecule has 1 aliphatic rings. The first-order valence-corrected chi connectivity index (χ1v) is 6.37. The van der Waals surface area contributed by atoms with Crippen molar-refractivity contribution in [1.29, 1.82) is 0 Å². The smallest absolute Gasteiger partial charge is 0.203 e. The van der Waals surface area contributed by atoms with Crippen molar-refractivity contribution in [3.05, 3.63) is 12.5 Å². The average Bonchev–Trinajstić information content (AvgIpc) is 2.88. The van der Waals surface area contributed by atoms with Crippen LogP contribution in [0.25, 0.3) is 11.0 Å². The van der Waals surface area contributed by atoms with E-state index in [-0.39, 0.29) is 23.8 Å². The van der Waals surface area contributed by atoms with E-state index in [1.165, 1.54) is 24.0 Å². The summed E-state index contributed by atoms with van der Waals surface area (Å²) < 4.78 is 6.57. The van der Waals surface area contributed by atoms with E-state index in [0.717, 1.165) is 0 Å². The number of aliphatic hydroxyl groups excluding tert-OH is 1. The summed E-state index contributed by atoms with van der Waals surface area (Å²) in [6.07, 6.45) is 1.61. The number of aliphatic hydroxyl groups is 3. The van der Waals surface area contributed by atoms with Crippen LogP contribution in [0, 0.1) is 0 Å². The Morgan fingerprint density at radius 2 is 2.14 bits per heavy atom. The van der Waals surface area contributed by atoms with Crippen molar-refractivity contribution in [3.8, 4) is 0 Å². The predicted octanol–water partition coefficient (Wildman–Crippen LogP) is -1.62. The number of nitrogen functional groups attached to an aromatic ring is 2. The lowest BCUT2D eigenvalue weighted by Gasteiger charge is -2.37. The first-order chi connectivity index (χ1) is 9.83. The van der Waals surface area contributed by atoms with Crippen LogP contribution in [0.4, 0.5) is 11.5 Å². The summed E-state index contributed by atoms with van der Waals surface area (Å²) in [6.45, 7) is 0.789. The van der Waals surface area contributed by atoms with Crippen LogP contribution < -0.4 is 11.5 Å². The Kier molecular flexibility index (Phi) is 2.85. The molecule has 21 heavy (non-hydrogen) atoms. The summed E-state index contributed by atoms with van der Waals surface area (Å²) in [5, 5.41) is 31.3. The zero-order valence-electron chi connectivity index (χ0n) is 11.4. The van der Waals surface area contributed by atoms with Gasteiger partial charge in [0.2, 0.25) is 5.72 Å². The zero-order valence-corrected chi connectivity index (χ0v) is 11.4. The molecule has 1 aliphatic heterocycles. The van der Waals surface area contributed by atoms with Gasteiger partial charge in [0.05, 0.1) is 24.3 Å². The number of hydrogen-bond acceptors (Lipinski definition) is 8. The minimum Gasteiger partial charge on any atom is -0.397 e. The van der Waals surface area contributed by atoms with E-state index in [1.807, 2.05) is 0 Å². The highest BCUT2D eigenvalue weighted by Gasteiger charge is 2.59. The van der Waals surface area contributed by atoms with Gasteiger partial charge < -0.3 is 31.5 Å². The van der Waals surface area contributed by atoms with Crippen molar-refractivity contribution in [2.75, 3.05) is 24.7 Å². The van der Waals surface area contributed by atoms with E-state index in [0.29, 0.717) is 5.39 Å². The summed E-state index contributed by atoms with van der Waals surface area (Å²) in [5.41, 5.74) is 8.62. The van der Waals surface area contributed by atoms with Crippen LogP contribution in [0.2, 0.25) is 0 Å². The first-order valence-electron chi connectivity index (χ1n) is 6.37. The van der Waals surface area contributed by atoms with Crippen LogP contribution in [0.5, 0.6) is 0 Å². The number of nitrogens with two attached hydrogens (primary N) is 2. The third-order valence-corrected chi connectivity index (χ3v) is 3.98. The fourth-order valence-electron chi connectivity index (χ4n) is 2.80. The van der Waals surface area contributed by atoms with E-state index < -0.39 is 24.0 Å². The molecule has 7 N–H and O–H groups in total.